The Balaban J connectivity index is 2.39. The predicted octanol–water partition coefficient (Wildman–Crippen LogP) is 6.95. The average Bonchev–Trinajstić information content (AvgIpc) is 2.35. The first-order valence-electron chi connectivity index (χ1n) is 7.76. The molecular weight excluding hydrogens is 330 g/mol. The molecule has 0 aliphatic carbocycles. The summed E-state index contributed by atoms with van der Waals surface area (Å²) in [5.74, 6) is -0.241. The summed E-state index contributed by atoms with van der Waals surface area (Å²) in [4.78, 5) is 0. The molecule has 0 unspecified atom stereocenters. The third-order valence-corrected chi connectivity index (χ3v) is 4.73. The second-order valence-electron chi connectivity index (χ2n) is 7.72. The van der Waals surface area contributed by atoms with Crippen LogP contribution in [0.1, 0.15) is 51.3 Å². The molecule has 0 N–H and O–H groups in total. The van der Waals surface area contributed by atoms with Crippen LogP contribution in [0.5, 0.6) is 0 Å². The van der Waals surface area contributed by atoms with Gasteiger partial charge in [-0.2, -0.15) is 0 Å². The average molecular weight is 353 g/mol. The first-order valence-corrected chi connectivity index (χ1v) is 8.51. The molecule has 2 aromatic rings. The van der Waals surface area contributed by atoms with Crippen LogP contribution in [-0.4, -0.2) is 0 Å². The number of hydrogen-bond donors (Lipinski definition) is 0. The number of hydrogen-bond acceptors (Lipinski definition) is 0. The van der Waals surface area contributed by atoms with Crippen molar-refractivity contribution in [2.75, 3.05) is 0 Å². The zero-order chi connectivity index (χ0) is 17.4. The Morgan fingerprint density at radius 2 is 1.52 bits per heavy atom. The zero-order valence-corrected chi connectivity index (χ0v) is 15.8. The molecule has 0 nitrogen and oxygen atoms in total. The van der Waals surface area contributed by atoms with Crippen molar-refractivity contribution in [3.8, 4) is 0 Å². The van der Waals surface area contributed by atoms with E-state index in [2.05, 4.69) is 13.8 Å². The van der Waals surface area contributed by atoms with E-state index >= 15 is 0 Å². The van der Waals surface area contributed by atoms with Crippen molar-refractivity contribution in [2.24, 2.45) is 0 Å². The first kappa shape index (κ1) is 18.3. The van der Waals surface area contributed by atoms with Gasteiger partial charge in [0.15, 0.2) is 0 Å². The SMILES string of the molecule is CC(C)(C)c1c(F)cc(CC(C)(C)c2ccccc2Cl)cc1Cl. The minimum atomic E-state index is -0.321. The van der Waals surface area contributed by atoms with Gasteiger partial charge < -0.3 is 0 Å². The van der Waals surface area contributed by atoms with Crippen LogP contribution in [-0.2, 0) is 17.3 Å². The summed E-state index contributed by atoms with van der Waals surface area (Å²) in [6, 6.07) is 11.3. The second kappa shape index (κ2) is 6.45. The monoisotopic (exact) mass is 352 g/mol. The van der Waals surface area contributed by atoms with Crippen LogP contribution in [0.4, 0.5) is 4.39 Å². The van der Waals surface area contributed by atoms with E-state index in [4.69, 9.17) is 23.2 Å². The van der Waals surface area contributed by atoms with Gasteiger partial charge >= 0.3 is 0 Å². The Kier molecular flexibility index (Phi) is 5.13. The predicted molar refractivity (Wildman–Crippen MR) is 98.3 cm³/mol. The maximum absolute atomic E-state index is 14.6. The van der Waals surface area contributed by atoms with E-state index in [0.29, 0.717) is 17.0 Å². The molecule has 0 saturated carbocycles. The van der Waals surface area contributed by atoms with Crippen LogP contribution in [0.15, 0.2) is 36.4 Å². The van der Waals surface area contributed by atoms with E-state index < -0.39 is 0 Å². The van der Waals surface area contributed by atoms with Gasteiger partial charge in [-0.15, -0.1) is 0 Å². The number of benzene rings is 2. The van der Waals surface area contributed by atoms with Gasteiger partial charge in [0.05, 0.1) is 0 Å². The molecule has 3 heteroatoms. The van der Waals surface area contributed by atoms with Gasteiger partial charge in [0.1, 0.15) is 5.82 Å². The van der Waals surface area contributed by atoms with E-state index in [-0.39, 0.29) is 16.6 Å². The van der Waals surface area contributed by atoms with Crippen LogP contribution in [0.25, 0.3) is 0 Å². The highest BCUT2D eigenvalue weighted by atomic mass is 35.5. The molecule has 0 atom stereocenters. The van der Waals surface area contributed by atoms with Crippen molar-refractivity contribution >= 4 is 23.2 Å². The normalized spacial score (nSPS) is 12.5. The van der Waals surface area contributed by atoms with Gasteiger partial charge in [0.25, 0.3) is 0 Å². The van der Waals surface area contributed by atoms with E-state index in [1.165, 1.54) is 0 Å². The Morgan fingerprint density at radius 3 is 2.04 bits per heavy atom. The van der Waals surface area contributed by atoms with Crippen molar-refractivity contribution in [2.45, 2.75) is 51.9 Å². The van der Waals surface area contributed by atoms with Gasteiger partial charge in [-0.1, -0.05) is 76.0 Å². The largest absolute Gasteiger partial charge is 0.207 e. The lowest BCUT2D eigenvalue weighted by Gasteiger charge is -2.28. The minimum Gasteiger partial charge on any atom is -0.207 e. The standard InChI is InChI=1S/C20H23Cl2F/c1-19(2,3)18-16(22)10-13(11-17(18)23)12-20(4,5)14-8-6-7-9-15(14)21/h6-11H,12H2,1-5H3. The highest BCUT2D eigenvalue weighted by Crippen LogP contribution is 2.36. The Morgan fingerprint density at radius 1 is 0.913 bits per heavy atom. The molecule has 2 aromatic carbocycles. The molecule has 0 fully saturated rings. The van der Waals surface area contributed by atoms with Crippen LogP contribution in [0, 0.1) is 5.82 Å². The molecule has 0 radical (unpaired) electrons. The number of halogens is 3. The fourth-order valence-corrected chi connectivity index (χ4v) is 3.97. The quantitative estimate of drug-likeness (QED) is 0.560. The molecule has 0 aromatic heterocycles. The van der Waals surface area contributed by atoms with E-state index in [1.54, 1.807) is 6.07 Å². The fraction of sp³-hybridized carbons (Fsp3) is 0.400. The van der Waals surface area contributed by atoms with Crippen LogP contribution in [0.2, 0.25) is 10.0 Å². The topological polar surface area (TPSA) is 0 Å². The van der Waals surface area contributed by atoms with Crippen molar-refractivity contribution in [3.05, 3.63) is 69.0 Å². The summed E-state index contributed by atoms with van der Waals surface area (Å²) < 4.78 is 14.6. The molecule has 0 spiro atoms. The summed E-state index contributed by atoms with van der Waals surface area (Å²) in [7, 11) is 0. The third-order valence-electron chi connectivity index (χ3n) is 4.10. The van der Waals surface area contributed by atoms with E-state index in [0.717, 1.165) is 16.1 Å². The molecule has 0 bridgehead atoms. The van der Waals surface area contributed by atoms with E-state index in [1.807, 2.05) is 51.1 Å². The first-order chi connectivity index (χ1) is 10.5. The molecule has 124 valence electrons. The lowest BCUT2D eigenvalue weighted by Crippen LogP contribution is -2.22. The zero-order valence-electron chi connectivity index (χ0n) is 14.3. The summed E-state index contributed by atoms with van der Waals surface area (Å²) in [5.41, 5.74) is 1.97. The highest BCUT2D eigenvalue weighted by molar-refractivity contribution is 6.31. The molecule has 2 rings (SSSR count). The maximum Gasteiger partial charge on any atom is 0.128 e. The van der Waals surface area contributed by atoms with Crippen LogP contribution >= 0.6 is 23.2 Å². The van der Waals surface area contributed by atoms with Gasteiger partial charge in [0.2, 0.25) is 0 Å². The molecule has 0 amide bonds. The molecule has 0 aliphatic heterocycles. The molecule has 0 heterocycles. The highest BCUT2D eigenvalue weighted by Gasteiger charge is 2.26. The molecule has 23 heavy (non-hydrogen) atoms. The van der Waals surface area contributed by atoms with Crippen LogP contribution < -0.4 is 0 Å². The maximum atomic E-state index is 14.6. The number of rotatable bonds is 3. The summed E-state index contributed by atoms with van der Waals surface area (Å²) in [6.45, 7) is 10.1. The van der Waals surface area contributed by atoms with Crippen molar-refractivity contribution in [3.63, 3.8) is 0 Å². The summed E-state index contributed by atoms with van der Waals surface area (Å²) >= 11 is 12.7. The van der Waals surface area contributed by atoms with Crippen molar-refractivity contribution in [1.29, 1.82) is 0 Å². The summed E-state index contributed by atoms with van der Waals surface area (Å²) in [6.07, 6.45) is 0.664. The van der Waals surface area contributed by atoms with Crippen LogP contribution in [0.3, 0.4) is 0 Å². The molecule has 0 aliphatic rings. The van der Waals surface area contributed by atoms with Gasteiger partial charge in [-0.05, 0) is 46.6 Å². The molecule has 0 saturated heterocycles. The van der Waals surface area contributed by atoms with Crippen molar-refractivity contribution in [1.82, 2.24) is 0 Å². The smallest absolute Gasteiger partial charge is 0.128 e. The van der Waals surface area contributed by atoms with Gasteiger partial charge in [-0.25, -0.2) is 4.39 Å². The van der Waals surface area contributed by atoms with Crippen molar-refractivity contribution < 1.29 is 4.39 Å². The third kappa shape index (κ3) is 4.08. The van der Waals surface area contributed by atoms with Gasteiger partial charge in [-0.3, -0.25) is 0 Å². The lowest BCUT2D eigenvalue weighted by molar-refractivity contribution is 0.507. The Hall–Kier alpha value is -1.05. The Bertz CT molecular complexity index is 689. The fourth-order valence-electron chi connectivity index (χ4n) is 3.06. The minimum absolute atomic E-state index is 0.211. The van der Waals surface area contributed by atoms with E-state index in [9.17, 15) is 4.39 Å². The lowest BCUT2D eigenvalue weighted by atomic mass is 9.78. The van der Waals surface area contributed by atoms with Gasteiger partial charge in [0, 0.05) is 15.6 Å². The Labute approximate surface area is 148 Å². The second-order valence-corrected chi connectivity index (χ2v) is 8.54. The molecular formula is C20H23Cl2F. The summed E-state index contributed by atoms with van der Waals surface area (Å²) in [5, 5.41) is 1.22.